The van der Waals surface area contributed by atoms with Crippen LogP contribution in [0.5, 0.6) is 5.75 Å². The Hall–Kier alpha value is -0.540. The van der Waals surface area contributed by atoms with Gasteiger partial charge in [-0.3, -0.25) is 4.79 Å². The third-order valence-electron chi connectivity index (χ3n) is 1.57. The molecule has 0 fully saturated rings. The molecule has 0 aliphatic rings. The van der Waals surface area contributed by atoms with E-state index < -0.39 is 0 Å². The van der Waals surface area contributed by atoms with Crippen molar-refractivity contribution in [2.24, 2.45) is 0 Å². The topological polar surface area (TPSA) is 26.3 Å². The maximum Gasteiger partial charge on any atom is 0.152 e. The third kappa shape index (κ3) is 2.49. The van der Waals surface area contributed by atoms with Crippen molar-refractivity contribution < 1.29 is 9.53 Å². The Morgan fingerprint density at radius 3 is 2.64 bits per heavy atom. The summed E-state index contributed by atoms with van der Waals surface area (Å²) < 4.78 is 6.08. The number of ether oxygens (including phenoxy) is 1. The van der Waals surface area contributed by atoms with Gasteiger partial charge in [0.2, 0.25) is 0 Å². The number of carbonyl (C=O) groups excluding carboxylic acids is 1. The van der Waals surface area contributed by atoms with Crippen LogP contribution in [0.2, 0.25) is 5.02 Å². The van der Waals surface area contributed by atoms with Crippen molar-refractivity contribution in [2.75, 3.05) is 0 Å². The van der Waals surface area contributed by atoms with Crippen molar-refractivity contribution in [2.45, 2.75) is 20.0 Å². The summed E-state index contributed by atoms with van der Waals surface area (Å²) in [7, 11) is 0. The maximum atomic E-state index is 10.7. The van der Waals surface area contributed by atoms with Gasteiger partial charge in [-0.15, -0.1) is 0 Å². The number of hydrogen-bond acceptors (Lipinski definition) is 2. The number of rotatable bonds is 3. The lowest BCUT2D eigenvalue weighted by atomic mass is 10.2. The standard InChI is InChI=1S/C10H10BrClO2/c1-6(2)14-9-4-3-8(12)7(5-13)10(9)11/h3-6H,1-2H3. The van der Waals surface area contributed by atoms with E-state index in [9.17, 15) is 4.79 Å². The number of halogens is 2. The van der Waals surface area contributed by atoms with E-state index in [1.54, 1.807) is 12.1 Å². The van der Waals surface area contributed by atoms with Gasteiger partial charge < -0.3 is 4.74 Å². The first-order chi connectivity index (χ1) is 6.56. The fraction of sp³-hybridized carbons (Fsp3) is 0.300. The molecule has 0 unspecified atom stereocenters. The average molecular weight is 278 g/mol. The largest absolute Gasteiger partial charge is 0.490 e. The zero-order chi connectivity index (χ0) is 10.7. The highest BCUT2D eigenvalue weighted by atomic mass is 79.9. The average Bonchev–Trinajstić information content (AvgIpc) is 2.10. The van der Waals surface area contributed by atoms with Gasteiger partial charge >= 0.3 is 0 Å². The smallest absolute Gasteiger partial charge is 0.152 e. The molecule has 76 valence electrons. The minimum Gasteiger partial charge on any atom is -0.490 e. The van der Waals surface area contributed by atoms with E-state index >= 15 is 0 Å². The Morgan fingerprint density at radius 2 is 2.14 bits per heavy atom. The SMILES string of the molecule is CC(C)Oc1ccc(Cl)c(C=O)c1Br. The van der Waals surface area contributed by atoms with Gasteiger partial charge in [-0.1, -0.05) is 11.6 Å². The van der Waals surface area contributed by atoms with Crippen LogP contribution in [0.25, 0.3) is 0 Å². The Balaban J connectivity index is 3.14. The fourth-order valence-electron chi connectivity index (χ4n) is 1.00. The quantitative estimate of drug-likeness (QED) is 0.788. The van der Waals surface area contributed by atoms with Crippen LogP contribution < -0.4 is 4.74 Å². The first-order valence-corrected chi connectivity index (χ1v) is 5.33. The van der Waals surface area contributed by atoms with E-state index in [0.717, 1.165) is 0 Å². The van der Waals surface area contributed by atoms with Crippen molar-refractivity contribution in [3.05, 3.63) is 27.2 Å². The van der Waals surface area contributed by atoms with Gasteiger partial charge in [-0.2, -0.15) is 0 Å². The van der Waals surface area contributed by atoms with Gasteiger partial charge in [0.05, 0.1) is 21.2 Å². The second-order valence-electron chi connectivity index (χ2n) is 3.06. The number of carbonyl (C=O) groups is 1. The predicted octanol–water partition coefficient (Wildman–Crippen LogP) is 3.70. The van der Waals surface area contributed by atoms with Crippen LogP contribution in [0.15, 0.2) is 16.6 Å². The molecule has 1 aromatic rings. The summed E-state index contributed by atoms with van der Waals surface area (Å²) in [5.41, 5.74) is 0.421. The van der Waals surface area contributed by atoms with E-state index in [2.05, 4.69) is 15.9 Å². The molecule has 14 heavy (non-hydrogen) atoms. The fourth-order valence-corrected chi connectivity index (χ4v) is 1.85. The molecule has 0 saturated carbocycles. The van der Waals surface area contributed by atoms with Crippen LogP contribution in [0.3, 0.4) is 0 Å². The lowest BCUT2D eigenvalue weighted by molar-refractivity contribution is 0.112. The molecule has 0 saturated heterocycles. The second-order valence-corrected chi connectivity index (χ2v) is 4.26. The minimum atomic E-state index is 0.0620. The van der Waals surface area contributed by atoms with E-state index in [4.69, 9.17) is 16.3 Å². The molecule has 0 aromatic heterocycles. The molecule has 0 atom stereocenters. The van der Waals surface area contributed by atoms with Crippen molar-refractivity contribution in [1.29, 1.82) is 0 Å². The van der Waals surface area contributed by atoms with Crippen LogP contribution in [-0.4, -0.2) is 12.4 Å². The van der Waals surface area contributed by atoms with Crippen molar-refractivity contribution in [3.8, 4) is 5.75 Å². The molecule has 0 spiro atoms. The molecule has 2 nitrogen and oxygen atoms in total. The van der Waals surface area contributed by atoms with E-state index in [0.29, 0.717) is 27.1 Å². The maximum absolute atomic E-state index is 10.7. The summed E-state index contributed by atoms with van der Waals surface area (Å²) in [6, 6.07) is 3.38. The van der Waals surface area contributed by atoms with Gasteiger partial charge in [0, 0.05) is 0 Å². The van der Waals surface area contributed by atoms with E-state index in [1.165, 1.54) is 0 Å². The van der Waals surface area contributed by atoms with Gasteiger partial charge in [0.15, 0.2) is 6.29 Å². The van der Waals surface area contributed by atoms with Gasteiger partial charge in [-0.05, 0) is 41.9 Å². The van der Waals surface area contributed by atoms with Crippen molar-refractivity contribution in [3.63, 3.8) is 0 Å². The Morgan fingerprint density at radius 1 is 1.50 bits per heavy atom. The second kappa shape index (κ2) is 4.80. The molecule has 0 aliphatic carbocycles. The summed E-state index contributed by atoms with van der Waals surface area (Å²) in [6.07, 6.45) is 0.770. The molecule has 0 radical (unpaired) electrons. The zero-order valence-corrected chi connectivity index (χ0v) is 10.2. The number of aldehydes is 1. The molecule has 1 aromatic carbocycles. The Bertz CT molecular complexity index is 350. The summed E-state index contributed by atoms with van der Waals surface area (Å²) in [5, 5.41) is 0.419. The monoisotopic (exact) mass is 276 g/mol. The highest BCUT2D eigenvalue weighted by molar-refractivity contribution is 9.10. The highest BCUT2D eigenvalue weighted by Crippen LogP contribution is 2.33. The van der Waals surface area contributed by atoms with Crippen molar-refractivity contribution in [1.82, 2.24) is 0 Å². The summed E-state index contributed by atoms with van der Waals surface area (Å²) in [4.78, 5) is 10.7. The zero-order valence-electron chi connectivity index (χ0n) is 7.88. The van der Waals surface area contributed by atoms with E-state index in [-0.39, 0.29) is 6.10 Å². The molecule has 0 aliphatic heterocycles. The molecule has 0 heterocycles. The van der Waals surface area contributed by atoms with Crippen LogP contribution in [0.1, 0.15) is 24.2 Å². The summed E-state index contributed by atoms with van der Waals surface area (Å²) in [5.74, 6) is 0.631. The normalized spacial score (nSPS) is 10.4. The van der Waals surface area contributed by atoms with Crippen LogP contribution in [0.4, 0.5) is 0 Å². The van der Waals surface area contributed by atoms with Crippen molar-refractivity contribution >= 4 is 33.8 Å². The number of hydrogen-bond donors (Lipinski definition) is 0. The molecular weight excluding hydrogens is 267 g/mol. The summed E-state index contributed by atoms with van der Waals surface area (Å²) in [6.45, 7) is 3.84. The van der Waals surface area contributed by atoms with Crippen LogP contribution in [0, 0.1) is 0 Å². The Labute approximate surface area is 96.3 Å². The van der Waals surface area contributed by atoms with Gasteiger partial charge in [0.1, 0.15) is 5.75 Å². The number of benzene rings is 1. The lowest BCUT2D eigenvalue weighted by Crippen LogP contribution is -2.06. The molecular formula is C10H10BrClO2. The molecule has 0 amide bonds. The first kappa shape index (κ1) is 11.5. The third-order valence-corrected chi connectivity index (χ3v) is 2.72. The van der Waals surface area contributed by atoms with E-state index in [1.807, 2.05) is 13.8 Å². The minimum absolute atomic E-state index is 0.0620. The van der Waals surface area contributed by atoms with Gasteiger partial charge in [-0.25, -0.2) is 0 Å². The summed E-state index contributed by atoms with van der Waals surface area (Å²) >= 11 is 9.10. The van der Waals surface area contributed by atoms with Crippen LogP contribution >= 0.6 is 27.5 Å². The highest BCUT2D eigenvalue weighted by Gasteiger charge is 2.11. The molecule has 4 heteroatoms. The first-order valence-electron chi connectivity index (χ1n) is 4.16. The molecule has 0 N–H and O–H groups in total. The lowest BCUT2D eigenvalue weighted by Gasteiger charge is -2.12. The predicted molar refractivity (Wildman–Crippen MR) is 60.3 cm³/mol. The molecule has 1 rings (SSSR count). The van der Waals surface area contributed by atoms with Crippen LogP contribution in [-0.2, 0) is 0 Å². The molecule has 0 bridgehead atoms. The Kier molecular flexibility index (Phi) is 3.96. The van der Waals surface area contributed by atoms with Gasteiger partial charge in [0.25, 0.3) is 0 Å².